The van der Waals surface area contributed by atoms with E-state index in [-0.39, 0.29) is 30.4 Å². The molecule has 0 radical (unpaired) electrons. The van der Waals surface area contributed by atoms with Crippen LogP contribution < -0.4 is 10.1 Å². The number of carbonyl (C=O) groups is 1. The van der Waals surface area contributed by atoms with E-state index in [1.165, 1.54) is 0 Å². The van der Waals surface area contributed by atoms with Crippen molar-refractivity contribution in [3.63, 3.8) is 0 Å². The second-order valence-corrected chi connectivity index (χ2v) is 10.5. The Morgan fingerprint density at radius 1 is 1.24 bits per heavy atom. The average molecular weight is 522 g/mol. The lowest BCUT2D eigenvalue weighted by Gasteiger charge is -2.28. The van der Waals surface area contributed by atoms with E-state index in [4.69, 9.17) is 52.4 Å². The second-order valence-electron chi connectivity index (χ2n) is 8.76. The maximum Gasteiger partial charge on any atom is 0.157 e. The number of ketones is 1. The summed E-state index contributed by atoms with van der Waals surface area (Å²) in [6.45, 7) is 7.21. The Hall–Kier alpha value is -1.73. The van der Waals surface area contributed by atoms with Crippen LogP contribution in [0.1, 0.15) is 50.8 Å². The third-order valence-corrected chi connectivity index (χ3v) is 7.38. The van der Waals surface area contributed by atoms with E-state index >= 15 is 0 Å². The fraction of sp³-hybridized carbons (Fsp3) is 0.400. The molecule has 1 N–H and O–H groups in total. The molecule has 33 heavy (non-hydrogen) atoms. The predicted molar refractivity (Wildman–Crippen MR) is 143 cm³/mol. The third-order valence-electron chi connectivity index (χ3n) is 6.12. The molecule has 174 valence electrons. The predicted octanol–water partition coefficient (Wildman–Crippen LogP) is 6.40. The molecule has 2 unspecified atom stereocenters. The van der Waals surface area contributed by atoms with Crippen LogP contribution in [0.4, 0.5) is 0 Å². The summed E-state index contributed by atoms with van der Waals surface area (Å²) in [7, 11) is 0. The smallest absolute Gasteiger partial charge is 0.157 e. The fourth-order valence-electron chi connectivity index (χ4n) is 4.77. The first kappa shape index (κ1) is 24.4. The van der Waals surface area contributed by atoms with E-state index in [9.17, 15) is 4.79 Å². The van der Waals surface area contributed by atoms with Gasteiger partial charge in [0.1, 0.15) is 16.6 Å². The summed E-state index contributed by atoms with van der Waals surface area (Å²) in [4.78, 5) is 16.3. The van der Waals surface area contributed by atoms with Gasteiger partial charge in [-0.15, -0.1) is 0 Å². The number of fused-ring (bicyclic) bond motifs is 3. The zero-order valence-corrected chi connectivity index (χ0v) is 21.9. The molecule has 1 saturated heterocycles. The number of nitrogens with one attached hydrogen (secondary N) is 1. The number of hydrogen-bond donors (Lipinski definition) is 1. The molecule has 4 rings (SSSR count). The Balaban J connectivity index is 1.67. The van der Waals surface area contributed by atoms with Crippen molar-refractivity contribution in [1.82, 2.24) is 10.2 Å². The van der Waals surface area contributed by atoms with Crippen LogP contribution in [0.25, 0.3) is 11.1 Å². The van der Waals surface area contributed by atoms with Crippen molar-refractivity contribution < 1.29 is 9.53 Å². The highest BCUT2D eigenvalue weighted by atomic mass is 35.5. The van der Waals surface area contributed by atoms with Gasteiger partial charge in [0.2, 0.25) is 0 Å². The van der Waals surface area contributed by atoms with Gasteiger partial charge in [0.25, 0.3) is 0 Å². The summed E-state index contributed by atoms with van der Waals surface area (Å²) in [5, 5.41) is 3.94. The fourth-order valence-corrected chi connectivity index (χ4v) is 5.94. The minimum atomic E-state index is -0.184. The molecule has 2 aromatic rings. The Bertz CT molecular complexity index is 1110. The van der Waals surface area contributed by atoms with E-state index < -0.39 is 0 Å². The molecule has 0 saturated carbocycles. The van der Waals surface area contributed by atoms with Gasteiger partial charge in [0, 0.05) is 18.5 Å². The van der Waals surface area contributed by atoms with Gasteiger partial charge in [-0.2, -0.15) is 0 Å². The Labute approximate surface area is 215 Å². The maximum atomic E-state index is 12.8. The van der Waals surface area contributed by atoms with E-state index in [2.05, 4.69) is 31.0 Å². The monoisotopic (exact) mass is 520 g/mol. The van der Waals surface area contributed by atoms with Gasteiger partial charge in [-0.1, -0.05) is 86.6 Å². The van der Waals surface area contributed by atoms with Crippen LogP contribution in [0.5, 0.6) is 5.75 Å². The number of thiocarbonyl (C=S) groups is 2. The first-order chi connectivity index (χ1) is 15.7. The van der Waals surface area contributed by atoms with Gasteiger partial charge in [-0.05, 0) is 41.2 Å². The van der Waals surface area contributed by atoms with Crippen molar-refractivity contribution >= 4 is 63.4 Å². The number of nitrogens with zero attached hydrogens (tertiary/aromatic N) is 1. The second kappa shape index (κ2) is 9.87. The lowest BCUT2D eigenvalue weighted by molar-refractivity contribution is -0.120. The number of ether oxygens (including phenoxy) is 1. The normalized spacial score (nSPS) is 19.2. The van der Waals surface area contributed by atoms with Crippen molar-refractivity contribution in [3.8, 4) is 16.9 Å². The molecule has 0 bridgehead atoms. The van der Waals surface area contributed by atoms with Crippen molar-refractivity contribution in [2.45, 2.75) is 45.7 Å². The quantitative estimate of drug-likeness (QED) is 0.426. The van der Waals surface area contributed by atoms with E-state index in [0.29, 0.717) is 27.2 Å². The van der Waals surface area contributed by atoms with E-state index in [1.807, 2.05) is 30.3 Å². The van der Waals surface area contributed by atoms with Crippen LogP contribution in [0, 0.1) is 5.92 Å². The highest BCUT2D eigenvalue weighted by Gasteiger charge is 2.49. The largest absolute Gasteiger partial charge is 0.483 e. The zero-order chi connectivity index (χ0) is 23.9. The topological polar surface area (TPSA) is 41.6 Å². The molecule has 2 aromatic carbocycles. The van der Waals surface area contributed by atoms with E-state index in [0.717, 1.165) is 40.2 Å². The lowest BCUT2D eigenvalue weighted by atomic mass is 9.91. The highest BCUT2D eigenvalue weighted by Crippen LogP contribution is 2.49. The standard InChI is InChI=1S/C25H26Cl2N2O2S2/c1-4-8-28-21(32)12-31-24-17(26)9-14(10-18(24)27)15-6-5-7-16-22(15)19-11-20(30)23(13(2)3)29(19)25(16)33/h5-7,9-10,13,19,23H,4,8,11-12H2,1-3H3,(H,28,32). The Kier molecular flexibility index (Phi) is 7.29. The van der Waals surface area contributed by atoms with Crippen molar-refractivity contribution in [1.29, 1.82) is 0 Å². The number of halogens is 2. The zero-order valence-electron chi connectivity index (χ0n) is 18.8. The molecule has 2 aliphatic rings. The Morgan fingerprint density at radius 2 is 1.91 bits per heavy atom. The van der Waals surface area contributed by atoms with Crippen LogP contribution in [0.2, 0.25) is 10.0 Å². The van der Waals surface area contributed by atoms with Gasteiger partial charge in [0.15, 0.2) is 11.5 Å². The number of carbonyl (C=O) groups excluding carboxylic acids is 1. The molecule has 0 spiro atoms. The highest BCUT2D eigenvalue weighted by molar-refractivity contribution is 7.80. The molecule has 0 aliphatic carbocycles. The number of Topliss-reactive ketones (excluding diaryl/α,β-unsaturated/α-hetero) is 1. The molecule has 0 aromatic heterocycles. The summed E-state index contributed by atoms with van der Waals surface area (Å²) in [5.41, 5.74) is 3.93. The minimum absolute atomic E-state index is 0.0564. The van der Waals surface area contributed by atoms with Crippen LogP contribution in [0.15, 0.2) is 30.3 Å². The summed E-state index contributed by atoms with van der Waals surface area (Å²) >= 11 is 24.3. The van der Waals surface area contributed by atoms with Gasteiger partial charge in [0.05, 0.1) is 22.1 Å². The third kappa shape index (κ3) is 4.51. The maximum absolute atomic E-state index is 12.8. The van der Waals surface area contributed by atoms with Gasteiger partial charge < -0.3 is 15.0 Å². The van der Waals surface area contributed by atoms with Crippen molar-refractivity contribution in [2.24, 2.45) is 5.92 Å². The van der Waals surface area contributed by atoms with Crippen molar-refractivity contribution in [2.75, 3.05) is 13.2 Å². The molecular weight excluding hydrogens is 495 g/mol. The van der Waals surface area contributed by atoms with Gasteiger partial charge >= 0.3 is 0 Å². The average Bonchev–Trinajstić information content (AvgIpc) is 3.25. The molecule has 2 aliphatic heterocycles. The van der Waals surface area contributed by atoms with Crippen LogP contribution in [-0.4, -0.2) is 39.9 Å². The summed E-state index contributed by atoms with van der Waals surface area (Å²) in [6.07, 6.45) is 1.43. The lowest BCUT2D eigenvalue weighted by Crippen LogP contribution is -2.38. The van der Waals surface area contributed by atoms with Crippen LogP contribution in [-0.2, 0) is 4.79 Å². The summed E-state index contributed by atoms with van der Waals surface area (Å²) in [5.74, 6) is 0.838. The van der Waals surface area contributed by atoms with Crippen molar-refractivity contribution in [3.05, 3.63) is 51.5 Å². The number of hydrogen-bond acceptors (Lipinski definition) is 4. The molecule has 1 fully saturated rings. The number of rotatable bonds is 7. The number of benzene rings is 2. The van der Waals surface area contributed by atoms with E-state index in [1.54, 1.807) is 0 Å². The summed E-state index contributed by atoms with van der Waals surface area (Å²) in [6, 6.07) is 9.51. The molecular formula is C25H26Cl2N2O2S2. The SMILES string of the molecule is CCCNC(=S)COc1c(Cl)cc(-c2cccc3c2C2CC(=O)C(C(C)C)N2C3=S)cc1Cl. The molecule has 8 heteroatoms. The van der Waals surface area contributed by atoms with Gasteiger partial charge in [-0.3, -0.25) is 4.79 Å². The van der Waals surface area contributed by atoms with Gasteiger partial charge in [-0.25, -0.2) is 0 Å². The van der Waals surface area contributed by atoms with Crippen LogP contribution in [0.3, 0.4) is 0 Å². The first-order valence-electron chi connectivity index (χ1n) is 11.1. The Morgan fingerprint density at radius 3 is 2.55 bits per heavy atom. The molecule has 4 nitrogen and oxygen atoms in total. The molecule has 2 heterocycles. The molecule has 0 amide bonds. The minimum Gasteiger partial charge on any atom is -0.483 e. The molecule has 2 atom stereocenters. The first-order valence-corrected chi connectivity index (χ1v) is 12.7. The summed E-state index contributed by atoms with van der Waals surface area (Å²) < 4.78 is 5.81. The van der Waals surface area contributed by atoms with Crippen LogP contribution >= 0.6 is 47.6 Å².